The van der Waals surface area contributed by atoms with Gasteiger partial charge in [0.1, 0.15) is 0 Å². The molecule has 0 bridgehead atoms. The van der Waals surface area contributed by atoms with Crippen LogP contribution >= 0.6 is 0 Å². The highest BCUT2D eigenvalue weighted by molar-refractivity contribution is 6.52. The second-order valence-electron chi connectivity index (χ2n) is 9.32. The van der Waals surface area contributed by atoms with Crippen LogP contribution in [-0.4, -0.2) is 60.3 Å². The maximum Gasteiger partial charge on any atom is 0.487 e. The Hall–Kier alpha value is -1.14. The predicted octanol–water partition coefficient (Wildman–Crippen LogP) is 3.86. The van der Waals surface area contributed by atoms with E-state index in [2.05, 4.69) is 88.7 Å². The molecule has 2 aliphatic heterocycles. The van der Waals surface area contributed by atoms with Crippen molar-refractivity contribution in [2.45, 2.75) is 71.4 Å². The molecule has 2 fully saturated rings. The first-order valence-corrected chi connectivity index (χ1v) is 10.1. The van der Waals surface area contributed by atoms with E-state index in [1.165, 1.54) is 11.1 Å². The molecule has 2 aliphatic rings. The quantitative estimate of drug-likeness (QED) is 0.752. The molecule has 1 aromatic carbocycles. The van der Waals surface area contributed by atoms with E-state index in [0.717, 1.165) is 19.6 Å². The van der Waals surface area contributed by atoms with Crippen molar-refractivity contribution in [3.63, 3.8) is 0 Å². The van der Waals surface area contributed by atoms with Gasteiger partial charge in [-0.3, -0.25) is 4.90 Å². The van der Waals surface area contributed by atoms with E-state index in [1.54, 1.807) is 0 Å². The van der Waals surface area contributed by atoms with Crippen LogP contribution in [0.25, 0.3) is 6.08 Å². The van der Waals surface area contributed by atoms with Gasteiger partial charge < -0.3 is 14.2 Å². The molecule has 0 unspecified atom stereocenters. The number of piperazine rings is 1. The highest BCUT2D eigenvalue weighted by atomic mass is 16.7. The molecule has 148 valence electrons. The molecule has 0 amide bonds. The molecule has 3 rings (SSSR count). The molecule has 0 aliphatic carbocycles. The molecule has 0 radical (unpaired) electrons. The van der Waals surface area contributed by atoms with Gasteiger partial charge in [0, 0.05) is 31.7 Å². The van der Waals surface area contributed by atoms with Crippen molar-refractivity contribution in [2.24, 2.45) is 0 Å². The van der Waals surface area contributed by atoms with Crippen LogP contribution in [0.15, 0.2) is 30.2 Å². The van der Waals surface area contributed by atoms with Gasteiger partial charge in [-0.2, -0.15) is 0 Å². The first-order chi connectivity index (χ1) is 12.6. The average molecular weight is 370 g/mol. The van der Waals surface area contributed by atoms with Crippen LogP contribution in [0.3, 0.4) is 0 Å². The zero-order valence-electron chi connectivity index (χ0n) is 18.0. The van der Waals surface area contributed by atoms with Crippen LogP contribution in [0.1, 0.15) is 52.7 Å². The summed E-state index contributed by atoms with van der Waals surface area (Å²) < 4.78 is 12.0. The topological polar surface area (TPSA) is 24.9 Å². The summed E-state index contributed by atoms with van der Waals surface area (Å²) in [5.74, 6) is 2.01. The molecule has 2 atom stereocenters. The molecule has 4 nitrogen and oxygen atoms in total. The molecule has 0 spiro atoms. The Morgan fingerprint density at radius 3 is 2.04 bits per heavy atom. The van der Waals surface area contributed by atoms with Gasteiger partial charge in [-0.1, -0.05) is 36.3 Å². The minimum absolute atomic E-state index is 0.290. The summed E-state index contributed by atoms with van der Waals surface area (Å²) in [6, 6.07) is 10.0. The number of rotatable bonds is 4. The summed E-state index contributed by atoms with van der Waals surface area (Å²) in [5.41, 5.74) is 1.96. The van der Waals surface area contributed by atoms with Crippen molar-refractivity contribution < 1.29 is 9.31 Å². The molecule has 0 N–H and O–H groups in total. The molecule has 1 aromatic rings. The van der Waals surface area contributed by atoms with E-state index in [1.807, 2.05) is 5.98 Å². The zero-order valence-corrected chi connectivity index (χ0v) is 18.0. The second kappa shape index (κ2) is 7.71. The molecule has 0 saturated carbocycles. The lowest BCUT2D eigenvalue weighted by molar-refractivity contribution is 0.00578. The molecule has 2 saturated heterocycles. The fraction of sp³-hybridized carbons (Fsp3) is 0.636. The van der Waals surface area contributed by atoms with Crippen molar-refractivity contribution in [1.29, 1.82) is 0 Å². The summed E-state index contributed by atoms with van der Waals surface area (Å²) in [6.07, 6.45) is 2.09. The van der Waals surface area contributed by atoms with E-state index >= 15 is 0 Å². The van der Waals surface area contributed by atoms with Crippen LogP contribution in [-0.2, 0) is 15.9 Å². The van der Waals surface area contributed by atoms with Crippen molar-refractivity contribution in [1.82, 2.24) is 9.80 Å². The van der Waals surface area contributed by atoms with E-state index in [-0.39, 0.29) is 18.3 Å². The van der Waals surface area contributed by atoms with Gasteiger partial charge in [0.05, 0.1) is 11.2 Å². The van der Waals surface area contributed by atoms with Crippen molar-refractivity contribution in [3.8, 4) is 0 Å². The van der Waals surface area contributed by atoms with Gasteiger partial charge in [-0.05, 0) is 59.7 Å². The van der Waals surface area contributed by atoms with E-state index in [0.29, 0.717) is 12.1 Å². The summed E-state index contributed by atoms with van der Waals surface area (Å²) >= 11 is 0. The minimum atomic E-state index is -0.290. The Morgan fingerprint density at radius 1 is 1.00 bits per heavy atom. The van der Waals surface area contributed by atoms with Crippen molar-refractivity contribution in [3.05, 3.63) is 41.4 Å². The normalized spacial score (nSPS) is 28.9. The maximum absolute atomic E-state index is 6.02. The molecule has 0 aromatic heterocycles. The lowest BCUT2D eigenvalue weighted by Crippen LogP contribution is -2.54. The van der Waals surface area contributed by atoms with Crippen LogP contribution in [0, 0.1) is 0 Å². The van der Waals surface area contributed by atoms with Crippen LogP contribution in [0.4, 0.5) is 0 Å². The van der Waals surface area contributed by atoms with E-state index in [9.17, 15) is 0 Å². The SMILES string of the molecule is C[C@@H]1CN(C)C[C@H](C)N1Cc1ccc(/C=C/B2OC(C)(C)C(C)(C)O2)cc1. The van der Waals surface area contributed by atoms with Crippen LogP contribution < -0.4 is 0 Å². The van der Waals surface area contributed by atoms with Gasteiger partial charge in [-0.25, -0.2) is 0 Å². The lowest BCUT2D eigenvalue weighted by atomic mass is 9.89. The van der Waals surface area contributed by atoms with Gasteiger partial charge in [0.25, 0.3) is 0 Å². The zero-order chi connectivity index (χ0) is 19.8. The van der Waals surface area contributed by atoms with Gasteiger partial charge in [0.15, 0.2) is 0 Å². The Balaban J connectivity index is 1.59. The molecule has 27 heavy (non-hydrogen) atoms. The van der Waals surface area contributed by atoms with Crippen molar-refractivity contribution in [2.75, 3.05) is 20.1 Å². The third kappa shape index (κ3) is 4.65. The van der Waals surface area contributed by atoms with Gasteiger partial charge >= 0.3 is 7.12 Å². The fourth-order valence-electron chi connectivity index (χ4n) is 4.03. The summed E-state index contributed by atoms with van der Waals surface area (Å²) in [4.78, 5) is 5.03. The molecular weight excluding hydrogens is 335 g/mol. The third-order valence-electron chi connectivity index (χ3n) is 6.35. The highest BCUT2D eigenvalue weighted by Gasteiger charge is 2.50. The van der Waals surface area contributed by atoms with E-state index < -0.39 is 0 Å². The smallest absolute Gasteiger partial charge is 0.400 e. The Bertz CT molecular complexity index is 643. The largest absolute Gasteiger partial charge is 0.487 e. The number of likely N-dealkylation sites (N-methyl/N-ethyl adjacent to an activating group) is 1. The number of hydrogen-bond donors (Lipinski definition) is 0. The van der Waals surface area contributed by atoms with Crippen LogP contribution in [0.2, 0.25) is 0 Å². The summed E-state index contributed by atoms with van der Waals surface area (Å²) in [7, 11) is 1.92. The standard InChI is InChI=1S/C22H35BN2O2/c1-17-14-24(7)15-18(2)25(17)16-20-10-8-19(9-11-20)12-13-23-26-21(3,4)22(5,6)27-23/h8-13,17-18H,14-16H2,1-7H3/b13-12+/t17-,18+. The number of nitrogens with zero attached hydrogens (tertiary/aromatic N) is 2. The fourth-order valence-corrected chi connectivity index (χ4v) is 4.03. The second-order valence-corrected chi connectivity index (χ2v) is 9.32. The third-order valence-corrected chi connectivity index (χ3v) is 6.35. The first kappa shape index (κ1) is 20.6. The van der Waals surface area contributed by atoms with Crippen molar-refractivity contribution >= 4 is 13.2 Å². The number of benzene rings is 1. The Kier molecular flexibility index (Phi) is 5.88. The molecule has 5 heteroatoms. The highest BCUT2D eigenvalue weighted by Crippen LogP contribution is 2.37. The van der Waals surface area contributed by atoms with Gasteiger partial charge in [-0.15, -0.1) is 0 Å². The number of hydrogen-bond acceptors (Lipinski definition) is 4. The molecule has 2 heterocycles. The summed E-state index contributed by atoms with van der Waals surface area (Å²) in [5, 5.41) is 0. The van der Waals surface area contributed by atoms with E-state index in [4.69, 9.17) is 9.31 Å². The molecular formula is C22H35BN2O2. The monoisotopic (exact) mass is 370 g/mol. The maximum atomic E-state index is 6.02. The predicted molar refractivity (Wildman–Crippen MR) is 114 cm³/mol. The Labute approximate surface area is 165 Å². The average Bonchev–Trinajstić information content (AvgIpc) is 2.77. The lowest BCUT2D eigenvalue weighted by Gasteiger charge is -2.43. The Morgan fingerprint density at radius 2 is 1.52 bits per heavy atom. The minimum Gasteiger partial charge on any atom is -0.400 e. The van der Waals surface area contributed by atoms with Crippen LogP contribution in [0.5, 0.6) is 0 Å². The first-order valence-electron chi connectivity index (χ1n) is 10.1. The summed E-state index contributed by atoms with van der Waals surface area (Å²) in [6.45, 7) is 16.3. The van der Waals surface area contributed by atoms with Gasteiger partial charge in [0.2, 0.25) is 0 Å².